The molecule has 0 unspecified atom stereocenters. The minimum Gasteiger partial charge on any atom is -0.282 e. The average molecular weight is 345 g/mol. The molecule has 0 saturated carbocycles. The fourth-order valence-corrected chi connectivity index (χ4v) is 3.15. The number of hydrogen-bond acceptors (Lipinski definition) is 4. The predicted octanol–water partition coefficient (Wildman–Crippen LogP) is 3.36. The molecule has 2 N–H and O–H groups in total. The summed E-state index contributed by atoms with van der Waals surface area (Å²) in [7, 11) is 0. The third-order valence-corrected chi connectivity index (χ3v) is 4.34. The summed E-state index contributed by atoms with van der Waals surface area (Å²) in [6.45, 7) is 0. The number of rotatable bonds is 3. The van der Waals surface area contributed by atoms with Gasteiger partial charge in [0.2, 0.25) is 10.6 Å². The summed E-state index contributed by atoms with van der Waals surface area (Å²) in [5.74, 6) is 0.618. The molecule has 4 rings (SSSR count). The summed E-state index contributed by atoms with van der Waals surface area (Å²) in [4.78, 5) is 0. The maximum atomic E-state index is 5.99. The van der Waals surface area contributed by atoms with E-state index in [4.69, 9.17) is 23.8 Å². The van der Waals surface area contributed by atoms with Crippen LogP contribution < -0.4 is 0 Å². The lowest BCUT2D eigenvalue weighted by atomic mass is 10.2. The van der Waals surface area contributed by atoms with Gasteiger partial charge in [0, 0.05) is 16.3 Å². The number of benzene rings is 1. The smallest absolute Gasteiger partial charge is 0.216 e. The van der Waals surface area contributed by atoms with E-state index in [9.17, 15) is 0 Å². The van der Waals surface area contributed by atoms with Crippen molar-refractivity contribution in [1.29, 1.82) is 0 Å². The first-order chi connectivity index (χ1) is 11.2. The molecule has 8 heteroatoms. The molecule has 0 atom stereocenters. The SMILES string of the molecule is S=c1[nH]nc(-c2n[nH]c3c2CCC3)n1/N=C\c1cccc(Cl)c1. The van der Waals surface area contributed by atoms with E-state index < -0.39 is 0 Å². The predicted molar refractivity (Wildman–Crippen MR) is 91.5 cm³/mol. The third kappa shape index (κ3) is 2.62. The van der Waals surface area contributed by atoms with E-state index in [1.807, 2.05) is 24.3 Å². The summed E-state index contributed by atoms with van der Waals surface area (Å²) in [6.07, 6.45) is 4.86. The Morgan fingerprint density at radius 3 is 3.04 bits per heavy atom. The topological polar surface area (TPSA) is 74.7 Å². The quantitative estimate of drug-likeness (QED) is 0.565. The monoisotopic (exact) mass is 344 g/mol. The first kappa shape index (κ1) is 14.3. The summed E-state index contributed by atoms with van der Waals surface area (Å²) in [5.41, 5.74) is 4.09. The summed E-state index contributed by atoms with van der Waals surface area (Å²) in [6, 6.07) is 7.45. The Bertz CT molecular complexity index is 951. The van der Waals surface area contributed by atoms with Gasteiger partial charge in [-0.05, 0) is 49.2 Å². The normalized spacial score (nSPS) is 13.8. The van der Waals surface area contributed by atoms with Gasteiger partial charge in [0.15, 0.2) is 0 Å². The number of aromatic amines is 2. The minimum atomic E-state index is 0.424. The summed E-state index contributed by atoms with van der Waals surface area (Å²) >= 11 is 11.3. The highest BCUT2D eigenvalue weighted by atomic mass is 35.5. The molecule has 0 bridgehead atoms. The van der Waals surface area contributed by atoms with Gasteiger partial charge in [-0.25, -0.2) is 5.10 Å². The Balaban J connectivity index is 1.75. The fourth-order valence-electron chi connectivity index (χ4n) is 2.77. The Kier molecular flexibility index (Phi) is 3.59. The standard InChI is InChI=1S/C15H13ClN6S/c16-10-4-1-3-9(7-10)8-17-22-14(20-21-15(22)23)13-11-5-2-6-12(11)18-19-13/h1,3-4,7-8H,2,5-6H2,(H,18,19)(H,21,23)/b17-8-. The fraction of sp³-hybridized carbons (Fsp3) is 0.200. The van der Waals surface area contributed by atoms with Crippen molar-refractivity contribution in [3.63, 3.8) is 0 Å². The lowest BCUT2D eigenvalue weighted by Gasteiger charge is -2.00. The molecule has 1 aliphatic rings. The van der Waals surface area contributed by atoms with Crippen LogP contribution in [-0.2, 0) is 12.8 Å². The second-order valence-electron chi connectivity index (χ2n) is 5.35. The van der Waals surface area contributed by atoms with E-state index in [-0.39, 0.29) is 0 Å². The van der Waals surface area contributed by atoms with Gasteiger partial charge in [-0.2, -0.15) is 20.0 Å². The molecule has 23 heavy (non-hydrogen) atoms. The summed E-state index contributed by atoms with van der Waals surface area (Å²) in [5, 5.41) is 19.6. The van der Waals surface area contributed by atoms with Crippen molar-refractivity contribution in [2.75, 3.05) is 0 Å². The molecule has 0 amide bonds. The van der Waals surface area contributed by atoms with Gasteiger partial charge in [-0.3, -0.25) is 5.10 Å². The van der Waals surface area contributed by atoms with E-state index in [2.05, 4.69) is 25.5 Å². The maximum absolute atomic E-state index is 5.99. The first-order valence-corrected chi connectivity index (χ1v) is 8.05. The van der Waals surface area contributed by atoms with Crippen molar-refractivity contribution >= 4 is 30.0 Å². The van der Waals surface area contributed by atoms with Crippen LogP contribution in [0.1, 0.15) is 23.2 Å². The largest absolute Gasteiger partial charge is 0.282 e. The maximum Gasteiger partial charge on any atom is 0.216 e. The van der Waals surface area contributed by atoms with Crippen molar-refractivity contribution in [1.82, 2.24) is 25.1 Å². The number of halogens is 1. The molecule has 1 aromatic carbocycles. The van der Waals surface area contributed by atoms with Crippen LogP contribution in [0.3, 0.4) is 0 Å². The number of nitrogens with zero attached hydrogens (tertiary/aromatic N) is 4. The lowest BCUT2D eigenvalue weighted by molar-refractivity contribution is 0.844. The number of H-pyrrole nitrogens is 2. The molecule has 0 spiro atoms. The van der Waals surface area contributed by atoms with Gasteiger partial charge in [0.05, 0.1) is 6.21 Å². The van der Waals surface area contributed by atoms with Crippen LogP contribution in [0, 0.1) is 4.77 Å². The van der Waals surface area contributed by atoms with Crippen molar-refractivity contribution in [3.8, 4) is 11.5 Å². The molecule has 0 aliphatic heterocycles. The zero-order chi connectivity index (χ0) is 15.8. The molecule has 6 nitrogen and oxygen atoms in total. The molecule has 0 radical (unpaired) electrons. The molecule has 1 aliphatic carbocycles. The van der Waals surface area contributed by atoms with Gasteiger partial charge in [-0.15, -0.1) is 0 Å². The van der Waals surface area contributed by atoms with Crippen molar-refractivity contribution in [2.45, 2.75) is 19.3 Å². The molecule has 0 saturated heterocycles. The second-order valence-corrected chi connectivity index (χ2v) is 6.17. The Morgan fingerprint density at radius 2 is 2.17 bits per heavy atom. The van der Waals surface area contributed by atoms with E-state index >= 15 is 0 Å². The zero-order valence-corrected chi connectivity index (χ0v) is 13.7. The van der Waals surface area contributed by atoms with Crippen LogP contribution in [0.2, 0.25) is 5.02 Å². The first-order valence-electron chi connectivity index (χ1n) is 7.26. The molecule has 116 valence electrons. The van der Waals surface area contributed by atoms with Crippen LogP contribution in [0.25, 0.3) is 11.5 Å². The molecular weight excluding hydrogens is 332 g/mol. The van der Waals surface area contributed by atoms with Crippen LogP contribution in [0.15, 0.2) is 29.4 Å². The van der Waals surface area contributed by atoms with Crippen LogP contribution >= 0.6 is 23.8 Å². The highest BCUT2D eigenvalue weighted by molar-refractivity contribution is 7.71. The van der Waals surface area contributed by atoms with E-state index in [0.717, 1.165) is 30.5 Å². The molecular formula is C15H13ClN6S. The summed E-state index contributed by atoms with van der Waals surface area (Å²) < 4.78 is 2.01. The van der Waals surface area contributed by atoms with E-state index in [1.165, 1.54) is 11.3 Å². The Morgan fingerprint density at radius 1 is 1.26 bits per heavy atom. The molecule has 3 aromatic rings. The van der Waals surface area contributed by atoms with Crippen LogP contribution in [0.4, 0.5) is 0 Å². The number of hydrogen-bond donors (Lipinski definition) is 2. The Labute approximate surface area is 142 Å². The zero-order valence-electron chi connectivity index (χ0n) is 12.1. The molecule has 2 heterocycles. The number of aryl methyl sites for hydroxylation is 1. The lowest BCUT2D eigenvalue weighted by Crippen LogP contribution is -1.97. The van der Waals surface area contributed by atoms with E-state index in [1.54, 1.807) is 10.9 Å². The number of nitrogens with one attached hydrogen (secondary N) is 2. The van der Waals surface area contributed by atoms with Crippen molar-refractivity contribution < 1.29 is 0 Å². The Hall–Kier alpha value is -2.25. The van der Waals surface area contributed by atoms with Gasteiger partial charge in [0.25, 0.3) is 0 Å². The highest BCUT2D eigenvalue weighted by Gasteiger charge is 2.23. The van der Waals surface area contributed by atoms with Gasteiger partial charge >= 0.3 is 0 Å². The highest BCUT2D eigenvalue weighted by Crippen LogP contribution is 2.29. The third-order valence-electron chi connectivity index (χ3n) is 3.84. The van der Waals surface area contributed by atoms with Crippen molar-refractivity contribution in [2.24, 2.45) is 5.10 Å². The van der Waals surface area contributed by atoms with Gasteiger partial charge in [-0.1, -0.05) is 23.7 Å². The second kappa shape index (κ2) is 5.75. The van der Waals surface area contributed by atoms with Crippen molar-refractivity contribution in [3.05, 3.63) is 50.9 Å². The van der Waals surface area contributed by atoms with Crippen LogP contribution in [0.5, 0.6) is 0 Å². The molecule has 0 fully saturated rings. The number of aromatic nitrogens is 5. The minimum absolute atomic E-state index is 0.424. The van der Waals surface area contributed by atoms with Gasteiger partial charge in [0.1, 0.15) is 5.69 Å². The van der Waals surface area contributed by atoms with Crippen LogP contribution in [-0.4, -0.2) is 31.3 Å². The van der Waals surface area contributed by atoms with E-state index in [0.29, 0.717) is 15.6 Å². The number of fused-ring (bicyclic) bond motifs is 1. The van der Waals surface area contributed by atoms with Gasteiger partial charge < -0.3 is 0 Å². The average Bonchev–Trinajstić information content (AvgIpc) is 3.21. The molecule has 2 aromatic heterocycles.